The Kier molecular flexibility index (Phi) is 8.77. The maximum absolute atomic E-state index is 12.9. The molecule has 0 aliphatic carbocycles. The zero-order chi connectivity index (χ0) is 23.9. The maximum atomic E-state index is 12.9. The molecule has 32 heavy (non-hydrogen) atoms. The van der Waals surface area contributed by atoms with Gasteiger partial charge >= 0.3 is 0 Å². The number of hydrogen-bond acceptors (Lipinski definition) is 6. The molecule has 0 aliphatic rings. The van der Waals surface area contributed by atoms with E-state index < -0.39 is 15.9 Å². The van der Waals surface area contributed by atoms with E-state index in [9.17, 15) is 13.2 Å². The Balaban J connectivity index is 2.27. The van der Waals surface area contributed by atoms with E-state index in [1.54, 1.807) is 19.2 Å². The van der Waals surface area contributed by atoms with E-state index in [2.05, 4.69) is 19.2 Å². The summed E-state index contributed by atoms with van der Waals surface area (Å²) in [6, 6.07) is 11.9. The zero-order valence-electron chi connectivity index (χ0n) is 19.4. The first kappa shape index (κ1) is 25.3. The van der Waals surface area contributed by atoms with Crippen molar-refractivity contribution in [2.75, 3.05) is 38.4 Å². The van der Waals surface area contributed by atoms with Crippen LogP contribution >= 0.6 is 0 Å². The van der Waals surface area contributed by atoms with Crippen LogP contribution < -0.4 is 23.8 Å². The van der Waals surface area contributed by atoms with Gasteiger partial charge in [0.2, 0.25) is 15.9 Å². The average Bonchev–Trinajstić information content (AvgIpc) is 2.75. The second kappa shape index (κ2) is 11.1. The maximum Gasteiger partial charge on any atom is 0.241 e. The van der Waals surface area contributed by atoms with Crippen molar-refractivity contribution in [3.63, 3.8) is 0 Å². The normalized spacial score (nSPS) is 12.2. The molecule has 0 radical (unpaired) electrons. The Bertz CT molecular complexity index is 1010. The van der Waals surface area contributed by atoms with E-state index in [0.717, 1.165) is 21.9 Å². The predicted octanol–water partition coefficient (Wildman–Crippen LogP) is 3.38. The van der Waals surface area contributed by atoms with Gasteiger partial charge in [0, 0.05) is 6.07 Å². The molecule has 1 amide bonds. The Morgan fingerprint density at radius 1 is 0.969 bits per heavy atom. The number of benzene rings is 2. The Hall–Kier alpha value is -2.94. The van der Waals surface area contributed by atoms with E-state index >= 15 is 0 Å². The highest BCUT2D eigenvalue weighted by atomic mass is 32.2. The van der Waals surface area contributed by atoms with Crippen LogP contribution in [0.2, 0.25) is 0 Å². The largest absolute Gasteiger partial charge is 0.497 e. The molecule has 2 rings (SSSR count). The second-order valence-electron chi connectivity index (χ2n) is 7.83. The third-order valence-corrected chi connectivity index (χ3v) is 6.04. The lowest BCUT2D eigenvalue weighted by molar-refractivity contribution is -0.120. The van der Waals surface area contributed by atoms with Crippen molar-refractivity contribution in [3.8, 4) is 17.2 Å². The van der Waals surface area contributed by atoms with E-state index in [-0.39, 0.29) is 12.6 Å². The van der Waals surface area contributed by atoms with Crippen LogP contribution in [0.4, 0.5) is 5.69 Å². The lowest BCUT2D eigenvalue weighted by Crippen LogP contribution is -2.41. The number of carbonyl (C=O) groups excluding carboxylic acids is 1. The molecular weight excluding hydrogens is 432 g/mol. The van der Waals surface area contributed by atoms with Gasteiger partial charge in [-0.2, -0.15) is 0 Å². The summed E-state index contributed by atoms with van der Waals surface area (Å²) in [7, 11) is 0.819. The summed E-state index contributed by atoms with van der Waals surface area (Å²) < 4.78 is 41.7. The number of ether oxygens (including phenoxy) is 3. The molecule has 2 aromatic carbocycles. The van der Waals surface area contributed by atoms with Crippen molar-refractivity contribution < 1.29 is 27.4 Å². The minimum atomic E-state index is -3.73. The average molecular weight is 465 g/mol. The van der Waals surface area contributed by atoms with Gasteiger partial charge in [-0.25, -0.2) is 8.42 Å². The standard InChI is InChI=1S/C23H32N2O6S/c1-16(2)13-20(17-7-10-19(29-3)11-8-17)24-23(26)15-25(32(6,27)28)18-9-12-21(30-4)22(14-18)31-5/h7-12,14,16,20H,13,15H2,1-6H3,(H,24,26)/t20-/m1/s1. The van der Waals surface area contributed by atoms with Gasteiger partial charge in [-0.3, -0.25) is 9.10 Å². The van der Waals surface area contributed by atoms with E-state index in [1.807, 2.05) is 24.3 Å². The first-order chi connectivity index (χ1) is 15.1. The smallest absolute Gasteiger partial charge is 0.241 e. The van der Waals surface area contributed by atoms with Crippen LogP contribution in [0.1, 0.15) is 31.9 Å². The Morgan fingerprint density at radius 2 is 1.59 bits per heavy atom. The number of amides is 1. The van der Waals surface area contributed by atoms with Gasteiger partial charge < -0.3 is 19.5 Å². The molecule has 0 spiro atoms. The number of anilines is 1. The Morgan fingerprint density at radius 3 is 2.09 bits per heavy atom. The van der Waals surface area contributed by atoms with Crippen molar-refractivity contribution in [1.29, 1.82) is 0 Å². The first-order valence-corrected chi connectivity index (χ1v) is 12.1. The molecule has 8 nitrogen and oxygen atoms in total. The molecule has 2 aromatic rings. The highest BCUT2D eigenvalue weighted by molar-refractivity contribution is 7.92. The van der Waals surface area contributed by atoms with Crippen LogP contribution in [-0.2, 0) is 14.8 Å². The lowest BCUT2D eigenvalue weighted by Gasteiger charge is -2.26. The fourth-order valence-corrected chi connectivity index (χ4v) is 4.18. The van der Waals surface area contributed by atoms with Crippen molar-refractivity contribution in [3.05, 3.63) is 48.0 Å². The molecule has 0 bridgehead atoms. The van der Waals surface area contributed by atoms with E-state index in [4.69, 9.17) is 14.2 Å². The minimum Gasteiger partial charge on any atom is -0.497 e. The molecule has 0 fully saturated rings. The summed E-state index contributed by atoms with van der Waals surface area (Å²) in [5.74, 6) is 1.46. The molecular formula is C23H32N2O6S. The third-order valence-electron chi connectivity index (χ3n) is 4.90. The number of rotatable bonds is 11. The molecule has 0 unspecified atom stereocenters. The van der Waals surface area contributed by atoms with Crippen molar-refractivity contribution in [2.45, 2.75) is 26.3 Å². The summed E-state index contributed by atoms with van der Waals surface area (Å²) >= 11 is 0. The molecule has 0 aromatic heterocycles. The number of sulfonamides is 1. The van der Waals surface area contributed by atoms with Gasteiger partial charge in [-0.1, -0.05) is 26.0 Å². The van der Waals surface area contributed by atoms with E-state index in [0.29, 0.717) is 29.5 Å². The highest BCUT2D eigenvalue weighted by Crippen LogP contribution is 2.32. The van der Waals surface area contributed by atoms with Gasteiger partial charge in [-0.05, 0) is 42.2 Å². The summed E-state index contributed by atoms with van der Waals surface area (Å²) in [5.41, 5.74) is 1.23. The molecule has 9 heteroatoms. The van der Waals surface area contributed by atoms with Crippen LogP contribution in [0.25, 0.3) is 0 Å². The molecule has 176 valence electrons. The first-order valence-electron chi connectivity index (χ1n) is 10.2. The summed E-state index contributed by atoms with van der Waals surface area (Å²) in [5, 5.41) is 2.98. The van der Waals surface area contributed by atoms with Gasteiger partial charge in [0.15, 0.2) is 11.5 Å². The van der Waals surface area contributed by atoms with E-state index in [1.165, 1.54) is 20.3 Å². The summed E-state index contributed by atoms with van der Waals surface area (Å²) in [4.78, 5) is 12.9. The van der Waals surface area contributed by atoms with Gasteiger partial charge in [0.25, 0.3) is 0 Å². The molecule has 0 heterocycles. The van der Waals surface area contributed by atoms with Gasteiger partial charge in [0.05, 0.1) is 39.3 Å². The van der Waals surface area contributed by atoms with Crippen molar-refractivity contribution in [2.24, 2.45) is 5.92 Å². The van der Waals surface area contributed by atoms with Crippen LogP contribution in [-0.4, -0.2) is 48.5 Å². The second-order valence-corrected chi connectivity index (χ2v) is 9.74. The fraction of sp³-hybridized carbons (Fsp3) is 0.435. The van der Waals surface area contributed by atoms with Crippen LogP contribution in [0, 0.1) is 5.92 Å². The fourth-order valence-electron chi connectivity index (χ4n) is 3.34. The molecule has 0 saturated carbocycles. The molecule has 0 aliphatic heterocycles. The quantitative estimate of drug-likeness (QED) is 0.548. The van der Waals surface area contributed by atoms with Crippen LogP contribution in [0.3, 0.4) is 0 Å². The van der Waals surface area contributed by atoms with Crippen molar-refractivity contribution in [1.82, 2.24) is 5.32 Å². The number of hydrogen-bond donors (Lipinski definition) is 1. The zero-order valence-corrected chi connectivity index (χ0v) is 20.2. The Labute approximate surface area is 190 Å². The molecule has 1 N–H and O–H groups in total. The van der Waals surface area contributed by atoms with Gasteiger partial charge in [0.1, 0.15) is 12.3 Å². The third kappa shape index (κ3) is 6.78. The number of carbonyl (C=O) groups is 1. The molecule has 0 saturated heterocycles. The highest BCUT2D eigenvalue weighted by Gasteiger charge is 2.24. The van der Waals surface area contributed by atoms with Gasteiger partial charge in [-0.15, -0.1) is 0 Å². The summed E-state index contributed by atoms with van der Waals surface area (Å²) in [6.07, 6.45) is 1.76. The number of nitrogens with one attached hydrogen (secondary N) is 1. The predicted molar refractivity (Wildman–Crippen MR) is 125 cm³/mol. The van der Waals surface area contributed by atoms with Crippen molar-refractivity contribution >= 4 is 21.6 Å². The monoisotopic (exact) mass is 464 g/mol. The topological polar surface area (TPSA) is 94.2 Å². The minimum absolute atomic E-state index is 0.264. The molecule has 1 atom stereocenters. The SMILES string of the molecule is COc1ccc([C@@H](CC(C)C)NC(=O)CN(c2ccc(OC)c(OC)c2)S(C)(=O)=O)cc1. The number of methoxy groups -OCH3 is 3. The lowest BCUT2D eigenvalue weighted by atomic mass is 9.97. The number of nitrogens with zero attached hydrogens (tertiary/aromatic N) is 1. The summed E-state index contributed by atoms with van der Waals surface area (Å²) in [6.45, 7) is 3.77. The van der Waals surface area contributed by atoms with Crippen LogP contribution in [0.5, 0.6) is 17.2 Å². The van der Waals surface area contributed by atoms with Crippen LogP contribution in [0.15, 0.2) is 42.5 Å².